The smallest absolute Gasteiger partial charge is 0.231 e. The molecule has 7 heteroatoms. The van der Waals surface area contributed by atoms with E-state index < -0.39 is 0 Å². The van der Waals surface area contributed by atoms with Gasteiger partial charge in [-0.05, 0) is 18.9 Å². The summed E-state index contributed by atoms with van der Waals surface area (Å²) in [6, 6.07) is 2.32. The molecule has 21 heavy (non-hydrogen) atoms. The van der Waals surface area contributed by atoms with Crippen LogP contribution in [0.25, 0.3) is 11.0 Å². The number of likely N-dealkylation sites (tertiary alicyclic amines) is 1. The molecule has 0 radical (unpaired) electrons. The summed E-state index contributed by atoms with van der Waals surface area (Å²) in [5.41, 5.74) is 7.20. The van der Waals surface area contributed by atoms with E-state index in [9.17, 15) is 4.79 Å². The fourth-order valence-corrected chi connectivity index (χ4v) is 2.82. The maximum atomic E-state index is 10.9. The summed E-state index contributed by atoms with van der Waals surface area (Å²) in [4.78, 5) is 21.8. The number of nitrogens with zero attached hydrogens (tertiary/aromatic N) is 4. The molecular formula is C14H20N6O. The zero-order valence-electron chi connectivity index (χ0n) is 12.1. The van der Waals surface area contributed by atoms with Gasteiger partial charge in [-0.3, -0.25) is 9.69 Å². The van der Waals surface area contributed by atoms with Gasteiger partial charge in [-0.25, -0.2) is 9.97 Å². The van der Waals surface area contributed by atoms with Crippen molar-refractivity contribution in [3.05, 3.63) is 18.6 Å². The molecule has 3 N–H and O–H groups in total. The van der Waals surface area contributed by atoms with Gasteiger partial charge in [0.1, 0.15) is 5.52 Å². The van der Waals surface area contributed by atoms with Crippen LogP contribution in [0.15, 0.2) is 18.6 Å². The minimum atomic E-state index is -0.263. The first-order valence-electron chi connectivity index (χ1n) is 7.16. The summed E-state index contributed by atoms with van der Waals surface area (Å²) in [7, 11) is 1.97. The summed E-state index contributed by atoms with van der Waals surface area (Å²) >= 11 is 0. The number of aryl methyl sites for hydroxylation is 1. The van der Waals surface area contributed by atoms with Gasteiger partial charge in [0, 0.05) is 32.4 Å². The number of anilines is 1. The molecule has 1 amide bonds. The van der Waals surface area contributed by atoms with Gasteiger partial charge in [0.2, 0.25) is 5.91 Å². The standard InChI is InChI=1S/C14H20N6O/c1-19-9-17-13-11(19)2-5-16-14(13)18-10-3-6-20(7-4-10)8-12(15)21/h2,5,9-10H,3-4,6-8H2,1H3,(H2,15,21)(H,16,18). The van der Waals surface area contributed by atoms with Crippen molar-refractivity contribution in [2.24, 2.45) is 12.8 Å². The van der Waals surface area contributed by atoms with Crippen molar-refractivity contribution in [3.8, 4) is 0 Å². The first-order valence-corrected chi connectivity index (χ1v) is 7.16. The molecule has 2 aromatic heterocycles. The van der Waals surface area contributed by atoms with Gasteiger partial charge in [0.05, 0.1) is 18.4 Å². The predicted molar refractivity (Wildman–Crippen MR) is 80.8 cm³/mol. The molecule has 3 rings (SSSR count). The Morgan fingerprint density at radius 3 is 2.90 bits per heavy atom. The van der Waals surface area contributed by atoms with Crippen LogP contribution in [0.5, 0.6) is 0 Å². The Bertz CT molecular complexity index is 644. The SMILES string of the molecule is Cn1cnc2c(NC3CCN(CC(N)=O)CC3)nccc21. The zero-order chi connectivity index (χ0) is 14.8. The lowest BCUT2D eigenvalue weighted by Gasteiger charge is -2.31. The molecule has 1 aliphatic rings. The number of carbonyl (C=O) groups excluding carboxylic acids is 1. The lowest BCUT2D eigenvalue weighted by molar-refractivity contribution is -0.119. The van der Waals surface area contributed by atoms with Gasteiger partial charge in [-0.2, -0.15) is 0 Å². The van der Waals surface area contributed by atoms with E-state index in [-0.39, 0.29) is 5.91 Å². The third kappa shape index (κ3) is 2.97. The second-order valence-corrected chi connectivity index (χ2v) is 5.54. The third-order valence-electron chi connectivity index (χ3n) is 3.95. The number of pyridine rings is 1. The van der Waals surface area contributed by atoms with Crippen LogP contribution < -0.4 is 11.1 Å². The van der Waals surface area contributed by atoms with Crippen molar-refractivity contribution < 1.29 is 4.79 Å². The van der Waals surface area contributed by atoms with Crippen LogP contribution in [0.4, 0.5) is 5.82 Å². The number of carbonyl (C=O) groups is 1. The molecule has 0 atom stereocenters. The quantitative estimate of drug-likeness (QED) is 0.846. The highest BCUT2D eigenvalue weighted by atomic mass is 16.1. The monoisotopic (exact) mass is 288 g/mol. The molecule has 0 spiro atoms. The number of primary amides is 1. The number of aromatic nitrogens is 3. The molecule has 0 unspecified atom stereocenters. The maximum absolute atomic E-state index is 10.9. The number of hydrogen-bond donors (Lipinski definition) is 2. The van der Waals surface area contributed by atoms with Gasteiger partial charge in [0.25, 0.3) is 0 Å². The normalized spacial score (nSPS) is 17.2. The van der Waals surface area contributed by atoms with E-state index in [1.54, 1.807) is 12.5 Å². The first kappa shape index (κ1) is 13.8. The van der Waals surface area contributed by atoms with Crippen LogP contribution in [-0.4, -0.2) is 51.0 Å². The number of rotatable bonds is 4. The molecule has 7 nitrogen and oxygen atoms in total. The van der Waals surface area contributed by atoms with Crippen LogP contribution in [-0.2, 0) is 11.8 Å². The minimum absolute atomic E-state index is 0.263. The van der Waals surface area contributed by atoms with Crippen LogP contribution in [0, 0.1) is 0 Å². The number of fused-ring (bicyclic) bond motifs is 1. The van der Waals surface area contributed by atoms with E-state index in [1.165, 1.54) is 0 Å². The Morgan fingerprint density at radius 1 is 1.43 bits per heavy atom. The van der Waals surface area contributed by atoms with Crippen molar-refractivity contribution in [2.45, 2.75) is 18.9 Å². The largest absolute Gasteiger partial charge is 0.369 e. The van der Waals surface area contributed by atoms with Gasteiger partial charge >= 0.3 is 0 Å². The second kappa shape index (κ2) is 5.69. The Labute approximate surface area is 123 Å². The number of amides is 1. The van der Waals surface area contributed by atoms with Crippen molar-refractivity contribution in [2.75, 3.05) is 25.0 Å². The molecule has 0 bridgehead atoms. The summed E-state index contributed by atoms with van der Waals surface area (Å²) in [6.07, 6.45) is 5.54. The highest BCUT2D eigenvalue weighted by molar-refractivity contribution is 5.85. The Morgan fingerprint density at radius 2 is 2.19 bits per heavy atom. The summed E-state index contributed by atoms with van der Waals surface area (Å²) in [6.45, 7) is 2.10. The van der Waals surface area contributed by atoms with Crippen LogP contribution in [0.1, 0.15) is 12.8 Å². The molecule has 1 saturated heterocycles. The number of imidazole rings is 1. The summed E-state index contributed by atoms with van der Waals surface area (Å²) < 4.78 is 1.98. The van der Waals surface area contributed by atoms with Crippen molar-refractivity contribution in [1.29, 1.82) is 0 Å². The molecule has 0 aromatic carbocycles. The van der Waals surface area contributed by atoms with E-state index in [1.807, 2.05) is 17.7 Å². The lowest BCUT2D eigenvalue weighted by atomic mass is 10.0. The van der Waals surface area contributed by atoms with E-state index in [2.05, 4.69) is 20.2 Å². The molecule has 1 aliphatic heterocycles. The van der Waals surface area contributed by atoms with Gasteiger partial charge in [0.15, 0.2) is 5.82 Å². The first-order chi connectivity index (χ1) is 10.1. The predicted octanol–water partition coefficient (Wildman–Crippen LogP) is 0.330. The number of nitrogens with one attached hydrogen (secondary N) is 1. The molecule has 112 valence electrons. The molecule has 0 aliphatic carbocycles. The Balaban J connectivity index is 1.66. The van der Waals surface area contributed by atoms with E-state index in [4.69, 9.17) is 5.73 Å². The Kier molecular flexibility index (Phi) is 3.74. The van der Waals surface area contributed by atoms with Crippen molar-refractivity contribution in [3.63, 3.8) is 0 Å². The summed E-state index contributed by atoms with van der Waals surface area (Å²) in [5.74, 6) is 0.572. The van der Waals surface area contributed by atoms with E-state index >= 15 is 0 Å². The molecule has 3 heterocycles. The fraction of sp³-hybridized carbons (Fsp3) is 0.500. The maximum Gasteiger partial charge on any atom is 0.231 e. The molecule has 0 saturated carbocycles. The second-order valence-electron chi connectivity index (χ2n) is 5.54. The average Bonchev–Trinajstić information content (AvgIpc) is 2.83. The highest BCUT2D eigenvalue weighted by Gasteiger charge is 2.21. The minimum Gasteiger partial charge on any atom is -0.369 e. The molecule has 2 aromatic rings. The average molecular weight is 288 g/mol. The number of piperidine rings is 1. The number of hydrogen-bond acceptors (Lipinski definition) is 5. The van der Waals surface area contributed by atoms with Gasteiger partial charge < -0.3 is 15.6 Å². The van der Waals surface area contributed by atoms with Crippen molar-refractivity contribution >= 4 is 22.8 Å². The van der Waals surface area contributed by atoms with Crippen LogP contribution in [0.3, 0.4) is 0 Å². The zero-order valence-corrected chi connectivity index (χ0v) is 12.1. The van der Waals surface area contributed by atoms with E-state index in [0.29, 0.717) is 12.6 Å². The molecular weight excluding hydrogens is 268 g/mol. The van der Waals surface area contributed by atoms with E-state index in [0.717, 1.165) is 42.8 Å². The van der Waals surface area contributed by atoms with Crippen LogP contribution >= 0.6 is 0 Å². The van der Waals surface area contributed by atoms with Gasteiger partial charge in [-0.15, -0.1) is 0 Å². The fourth-order valence-electron chi connectivity index (χ4n) is 2.82. The van der Waals surface area contributed by atoms with Crippen LogP contribution in [0.2, 0.25) is 0 Å². The topological polar surface area (TPSA) is 89.1 Å². The summed E-state index contributed by atoms with van der Waals surface area (Å²) in [5, 5.41) is 3.48. The molecule has 1 fully saturated rings. The van der Waals surface area contributed by atoms with Gasteiger partial charge in [-0.1, -0.05) is 0 Å². The van der Waals surface area contributed by atoms with Crippen molar-refractivity contribution in [1.82, 2.24) is 19.4 Å². The lowest BCUT2D eigenvalue weighted by Crippen LogP contribution is -2.43. The number of nitrogens with two attached hydrogens (primary N) is 1. The third-order valence-corrected chi connectivity index (χ3v) is 3.95. The highest BCUT2D eigenvalue weighted by Crippen LogP contribution is 2.21. The Hall–Kier alpha value is -2.15.